The van der Waals surface area contributed by atoms with Gasteiger partial charge in [0.2, 0.25) is 0 Å². The predicted molar refractivity (Wildman–Crippen MR) is 89.5 cm³/mol. The second-order valence-electron chi connectivity index (χ2n) is 5.54. The van der Waals surface area contributed by atoms with Crippen LogP contribution in [0.1, 0.15) is 24.8 Å². The zero-order valence-corrected chi connectivity index (χ0v) is 12.4. The van der Waals surface area contributed by atoms with Crippen molar-refractivity contribution in [2.45, 2.75) is 19.3 Å². The molecular weight excluding hydrogens is 276 g/mol. The Balaban J connectivity index is 1.73. The molecule has 0 amide bonds. The van der Waals surface area contributed by atoms with E-state index < -0.39 is 0 Å². The van der Waals surface area contributed by atoms with E-state index in [9.17, 15) is 10.2 Å². The van der Waals surface area contributed by atoms with Gasteiger partial charge in [-0.15, -0.1) is 0 Å². The molecule has 2 aromatic carbocycles. The molecule has 0 aromatic heterocycles. The zero-order chi connectivity index (χ0) is 15.4. The van der Waals surface area contributed by atoms with Gasteiger partial charge in [-0.05, 0) is 55.7 Å². The summed E-state index contributed by atoms with van der Waals surface area (Å²) >= 11 is 0. The van der Waals surface area contributed by atoms with E-state index in [0.717, 1.165) is 18.8 Å². The summed E-state index contributed by atoms with van der Waals surface area (Å²) in [6.07, 6.45) is 5.41. The molecule has 0 atom stereocenters. The molecule has 0 radical (unpaired) electrons. The fourth-order valence-electron chi connectivity index (χ4n) is 2.70. The van der Waals surface area contributed by atoms with E-state index in [1.54, 1.807) is 18.3 Å². The highest BCUT2D eigenvalue weighted by atomic mass is 16.3. The number of para-hydroxylation sites is 1. The molecule has 0 spiro atoms. The highest BCUT2D eigenvalue weighted by molar-refractivity contribution is 5.86. The topological polar surface area (TPSA) is 56.1 Å². The Bertz CT molecular complexity index is 659. The summed E-state index contributed by atoms with van der Waals surface area (Å²) in [6.45, 7) is 2.25. The molecule has 0 unspecified atom stereocenters. The van der Waals surface area contributed by atoms with E-state index in [-0.39, 0.29) is 11.5 Å². The molecule has 1 saturated heterocycles. The molecule has 22 heavy (non-hydrogen) atoms. The standard InChI is InChI=1S/C18H20N2O2/c21-17-6-4-5-14(18(17)22)13-19-15-7-9-16(10-8-15)20-11-2-1-3-12-20/h4-10,13,21-22H,1-3,11-12H2. The zero-order valence-electron chi connectivity index (χ0n) is 12.4. The van der Waals surface area contributed by atoms with Gasteiger partial charge >= 0.3 is 0 Å². The number of phenolic OH excluding ortho intramolecular Hbond substituents is 2. The fraction of sp³-hybridized carbons (Fsp3) is 0.278. The number of anilines is 1. The molecule has 3 rings (SSSR count). The van der Waals surface area contributed by atoms with Gasteiger partial charge < -0.3 is 15.1 Å². The molecule has 0 aliphatic carbocycles. The Hall–Kier alpha value is -2.49. The lowest BCUT2D eigenvalue weighted by atomic mass is 10.1. The molecule has 2 N–H and O–H groups in total. The number of aromatic hydroxyl groups is 2. The third kappa shape index (κ3) is 3.22. The Morgan fingerprint density at radius 2 is 1.64 bits per heavy atom. The van der Waals surface area contributed by atoms with Crippen LogP contribution < -0.4 is 4.90 Å². The van der Waals surface area contributed by atoms with Crippen LogP contribution in [0, 0.1) is 0 Å². The van der Waals surface area contributed by atoms with Gasteiger partial charge in [0, 0.05) is 30.6 Å². The van der Waals surface area contributed by atoms with Gasteiger partial charge in [-0.2, -0.15) is 0 Å². The maximum absolute atomic E-state index is 9.74. The van der Waals surface area contributed by atoms with Crippen LogP contribution in [0.25, 0.3) is 0 Å². The maximum Gasteiger partial charge on any atom is 0.166 e. The number of aliphatic imine (C=N–C) groups is 1. The van der Waals surface area contributed by atoms with Crippen molar-refractivity contribution in [1.29, 1.82) is 0 Å². The molecular formula is C18H20N2O2. The summed E-state index contributed by atoms with van der Waals surface area (Å²) in [6, 6.07) is 12.9. The number of phenols is 2. The van der Waals surface area contributed by atoms with Crippen LogP contribution in [0.15, 0.2) is 47.5 Å². The van der Waals surface area contributed by atoms with Crippen LogP contribution in [0.2, 0.25) is 0 Å². The lowest BCUT2D eigenvalue weighted by Crippen LogP contribution is -2.29. The smallest absolute Gasteiger partial charge is 0.166 e. The van der Waals surface area contributed by atoms with Crippen molar-refractivity contribution in [1.82, 2.24) is 0 Å². The highest BCUT2D eigenvalue weighted by Crippen LogP contribution is 2.28. The summed E-state index contributed by atoms with van der Waals surface area (Å²) < 4.78 is 0. The first kappa shape index (κ1) is 14.4. The van der Waals surface area contributed by atoms with Gasteiger partial charge in [0.15, 0.2) is 11.5 Å². The van der Waals surface area contributed by atoms with Crippen LogP contribution >= 0.6 is 0 Å². The average Bonchev–Trinajstić information content (AvgIpc) is 2.57. The second kappa shape index (κ2) is 6.52. The van der Waals surface area contributed by atoms with Crippen molar-refractivity contribution in [2.75, 3.05) is 18.0 Å². The summed E-state index contributed by atoms with van der Waals surface area (Å²) in [5.74, 6) is -0.277. The first-order valence-corrected chi connectivity index (χ1v) is 7.64. The van der Waals surface area contributed by atoms with Crippen molar-refractivity contribution in [3.63, 3.8) is 0 Å². The molecule has 1 aliphatic heterocycles. The summed E-state index contributed by atoms with van der Waals surface area (Å²) in [5.41, 5.74) is 2.56. The van der Waals surface area contributed by atoms with E-state index >= 15 is 0 Å². The number of hydrogen-bond acceptors (Lipinski definition) is 4. The van der Waals surface area contributed by atoms with Crippen molar-refractivity contribution in [3.8, 4) is 11.5 Å². The van der Waals surface area contributed by atoms with Gasteiger partial charge in [0.05, 0.1) is 5.69 Å². The quantitative estimate of drug-likeness (QED) is 0.668. The molecule has 114 valence electrons. The molecule has 1 fully saturated rings. The normalized spacial score (nSPS) is 15.4. The molecule has 4 nitrogen and oxygen atoms in total. The minimum absolute atomic E-state index is 0.135. The van der Waals surface area contributed by atoms with Gasteiger partial charge in [-0.25, -0.2) is 0 Å². The molecule has 0 saturated carbocycles. The number of benzene rings is 2. The lowest BCUT2D eigenvalue weighted by Gasteiger charge is -2.28. The summed E-state index contributed by atoms with van der Waals surface area (Å²) in [7, 11) is 0. The van der Waals surface area contributed by atoms with Crippen molar-refractivity contribution in [3.05, 3.63) is 48.0 Å². The fourth-order valence-corrected chi connectivity index (χ4v) is 2.70. The van der Waals surface area contributed by atoms with Crippen LogP contribution in [0.4, 0.5) is 11.4 Å². The van der Waals surface area contributed by atoms with E-state index in [1.807, 2.05) is 12.1 Å². The van der Waals surface area contributed by atoms with Crippen molar-refractivity contribution < 1.29 is 10.2 Å². The van der Waals surface area contributed by atoms with E-state index in [1.165, 1.54) is 31.0 Å². The Morgan fingerprint density at radius 3 is 2.36 bits per heavy atom. The van der Waals surface area contributed by atoms with Gasteiger partial charge in [-0.1, -0.05) is 6.07 Å². The molecule has 0 bridgehead atoms. The van der Waals surface area contributed by atoms with E-state index in [0.29, 0.717) is 5.56 Å². The van der Waals surface area contributed by atoms with E-state index in [4.69, 9.17) is 0 Å². The van der Waals surface area contributed by atoms with Crippen molar-refractivity contribution >= 4 is 17.6 Å². The average molecular weight is 296 g/mol. The third-order valence-electron chi connectivity index (χ3n) is 3.97. The Kier molecular flexibility index (Phi) is 4.28. The van der Waals surface area contributed by atoms with Crippen molar-refractivity contribution in [2.24, 2.45) is 4.99 Å². The van der Waals surface area contributed by atoms with Crippen LogP contribution in [-0.4, -0.2) is 29.5 Å². The first-order valence-electron chi connectivity index (χ1n) is 7.64. The maximum atomic E-state index is 9.74. The van der Waals surface area contributed by atoms with Gasteiger partial charge in [0.1, 0.15) is 0 Å². The minimum atomic E-state index is -0.142. The third-order valence-corrected chi connectivity index (χ3v) is 3.97. The van der Waals surface area contributed by atoms with Gasteiger partial charge in [0.25, 0.3) is 0 Å². The second-order valence-corrected chi connectivity index (χ2v) is 5.54. The molecule has 4 heteroatoms. The minimum Gasteiger partial charge on any atom is -0.504 e. The van der Waals surface area contributed by atoms with E-state index in [2.05, 4.69) is 22.0 Å². The number of piperidine rings is 1. The SMILES string of the molecule is Oc1cccc(C=Nc2ccc(N3CCCCC3)cc2)c1O. The molecule has 2 aromatic rings. The van der Waals surface area contributed by atoms with Crippen LogP contribution in [0.5, 0.6) is 11.5 Å². The molecule has 1 heterocycles. The molecule has 1 aliphatic rings. The summed E-state index contributed by atoms with van der Waals surface area (Å²) in [5, 5.41) is 19.2. The van der Waals surface area contributed by atoms with Gasteiger partial charge in [-0.3, -0.25) is 4.99 Å². The monoisotopic (exact) mass is 296 g/mol. The predicted octanol–water partition coefficient (Wildman–Crippen LogP) is 3.84. The highest BCUT2D eigenvalue weighted by Gasteiger charge is 2.10. The Morgan fingerprint density at radius 1 is 0.909 bits per heavy atom. The van der Waals surface area contributed by atoms with Crippen LogP contribution in [-0.2, 0) is 0 Å². The first-order chi connectivity index (χ1) is 10.7. The number of hydrogen-bond donors (Lipinski definition) is 2. The largest absolute Gasteiger partial charge is 0.504 e. The number of nitrogens with zero attached hydrogens (tertiary/aromatic N) is 2. The summed E-state index contributed by atoms with van der Waals surface area (Å²) in [4.78, 5) is 6.75. The lowest BCUT2D eigenvalue weighted by molar-refractivity contribution is 0.403. The van der Waals surface area contributed by atoms with Crippen LogP contribution in [0.3, 0.4) is 0 Å². The number of rotatable bonds is 3. The Labute approximate surface area is 130 Å².